The molecule has 28 heavy (non-hydrogen) atoms. The zero-order valence-electron chi connectivity index (χ0n) is 16.2. The number of hydrogen-bond donors (Lipinski definition) is 2. The molecule has 2 aliphatic rings. The fourth-order valence-corrected chi connectivity index (χ4v) is 3.52. The molecule has 1 unspecified atom stereocenters. The van der Waals surface area contributed by atoms with Crippen LogP contribution in [0.5, 0.6) is 0 Å². The summed E-state index contributed by atoms with van der Waals surface area (Å²) in [6.07, 6.45) is 3.04. The molecule has 148 valence electrons. The molecule has 0 saturated carbocycles. The molecule has 0 spiro atoms. The van der Waals surface area contributed by atoms with Gasteiger partial charge in [-0.3, -0.25) is 4.79 Å². The number of aromatic nitrogens is 1. The number of carbonyl (C=O) groups excluding carboxylic acids is 1. The van der Waals surface area contributed by atoms with Crippen LogP contribution in [-0.4, -0.2) is 61.7 Å². The zero-order valence-corrected chi connectivity index (χ0v) is 16.2. The third-order valence-corrected chi connectivity index (χ3v) is 5.26. The molecule has 7 heteroatoms. The van der Waals surface area contributed by atoms with E-state index in [4.69, 9.17) is 4.74 Å². The maximum absolute atomic E-state index is 12.1. The first kappa shape index (κ1) is 18.7. The van der Waals surface area contributed by atoms with E-state index in [-0.39, 0.29) is 12.0 Å². The number of ether oxygens (including phenoxy) is 1. The molecule has 1 atom stereocenters. The molecule has 2 fully saturated rings. The lowest BCUT2D eigenvalue weighted by molar-refractivity contribution is -0.124. The number of anilines is 4. The maximum Gasteiger partial charge on any atom is 0.253 e. The van der Waals surface area contributed by atoms with Crippen LogP contribution in [0.4, 0.5) is 22.9 Å². The second kappa shape index (κ2) is 8.58. The Hall–Kier alpha value is -2.64. The highest BCUT2D eigenvalue weighted by Crippen LogP contribution is 2.22. The molecule has 0 bridgehead atoms. The Labute approximate surface area is 165 Å². The largest absolute Gasteiger partial charge is 0.369 e. The Bertz CT molecular complexity index is 779. The van der Waals surface area contributed by atoms with Crippen LogP contribution in [0.3, 0.4) is 0 Å². The monoisotopic (exact) mass is 381 g/mol. The van der Waals surface area contributed by atoms with Gasteiger partial charge < -0.3 is 25.2 Å². The van der Waals surface area contributed by atoms with Crippen LogP contribution in [0.1, 0.15) is 12.8 Å². The van der Waals surface area contributed by atoms with E-state index in [1.807, 2.05) is 12.1 Å². The van der Waals surface area contributed by atoms with Crippen molar-refractivity contribution in [3.8, 4) is 0 Å². The number of carbonyl (C=O) groups is 1. The molecule has 2 aliphatic heterocycles. The summed E-state index contributed by atoms with van der Waals surface area (Å²) in [5, 5.41) is 6.16. The van der Waals surface area contributed by atoms with Gasteiger partial charge in [-0.2, -0.15) is 0 Å². The third-order valence-electron chi connectivity index (χ3n) is 5.26. The number of pyridine rings is 1. The minimum Gasteiger partial charge on any atom is -0.369 e. The standard InChI is InChI=1S/C21H27N5O2/c1-25-10-12-26(13-11-25)18-7-4-16(5-8-18)23-20-9-6-17(15-22-20)24-21(27)19-3-2-14-28-19/h4-9,15,19H,2-3,10-14H2,1H3,(H,22,23)(H,24,27). The van der Waals surface area contributed by atoms with Crippen LogP contribution in [0.25, 0.3) is 0 Å². The zero-order chi connectivity index (χ0) is 19.3. The Morgan fingerprint density at radius 1 is 1.07 bits per heavy atom. The molecule has 1 amide bonds. The molecule has 0 radical (unpaired) electrons. The van der Waals surface area contributed by atoms with Gasteiger partial charge in [0.15, 0.2) is 0 Å². The van der Waals surface area contributed by atoms with E-state index in [1.54, 1.807) is 6.20 Å². The summed E-state index contributed by atoms with van der Waals surface area (Å²) in [6.45, 7) is 4.97. The molecular weight excluding hydrogens is 354 g/mol. The maximum atomic E-state index is 12.1. The third kappa shape index (κ3) is 4.61. The topological polar surface area (TPSA) is 69.7 Å². The van der Waals surface area contributed by atoms with E-state index in [9.17, 15) is 4.79 Å². The number of hydrogen-bond acceptors (Lipinski definition) is 6. The van der Waals surface area contributed by atoms with Gasteiger partial charge in [-0.25, -0.2) is 4.98 Å². The van der Waals surface area contributed by atoms with Gasteiger partial charge in [-0.15, -0.1) is 0 Å². The molecular formula is C21H27N5O2. The fourth-order valence-electron chi connectivity index (χ4n) is 3.52. The van der Waals surface area contributed by atoms with E-state index in [0.717, 1.165) is 50.5 Å². The summed E-state index contributed by atoms with van der Waals surface area (Å²) in [5.74, 6) is 0.641. The molecule has 0 aliphatic carbocycles. The minimum absolute atomic E-state index is 0.0977. The van der Waals surface area contributed by atoms with Crippen molar-refractivity contribution in [1.82, 2.24) is 9.88 Å². The number of nitrogens with zero attached hydrogens (tertiary/aromatic N) is 3. The van der Waals surface area contributed by atoms with Crippen LogP contribution < -0.4 is 15.5 Å². The molecule has 2 N–H and O–H groups in total. The van der Waals surface area contributed by atoms with Gasteiger partial charge in [-0.1, -0.05) is 0 Å². The number of likely N-dealkylation sites (N-methyl/N-ethyl adjacent to an activating group) is 1. The van der Waals surface area contributed by atoms with Gasteiger partial charge in [0.2, 0.25) is 0 Å². The first-order valence-electron chi connectivity index (χ1n) is 9.86. The van der Waals surface area contributed by atoms with Crippen molar-refractivity contribution in [3.05, 3.63) is 42.6 Å². The lowest BCUT2D eigenvalue weighted by Gasteiger charge is -2.34. The number of piperazine rings is 1. The van der Waals surface area contributed by atoms with Crippen molar-refractivity contribution in [3.63, 3.8) is 0 Å². The Morgan fingerprint density at radius 3 is 2.46 bits per heavy atom. The van der Waals surface area contributed by atoms with Gasteiger partial charge in [0, 0.05) is 44.2 Å². The molecule has 4 rings (SSSR count). The Kier molecular flexibility index (Phi) is 5.73. The van der Waals surface area contributed by atoms with Gasteiger partial charge in [0.25, 0.3) is 5.91 Å². The highest BCUT2D eigenvalue weighted by molar-refractivity contribution is 5.94. The average molecular weight is 381 g/mol. The van der Waals surface area contributed by atoms with Crippen LogP contribution in [0.15, 0.2) is 42.6 Å². The molecule has 2 aromatic rings. The lowest BCUT2D eigenvalue weighted by atomic mass is 10.2. The SMILES string of the molecule is CN1CCN(c2ccc(Nc3ccc(NC(=O)C4CCCO4)cn3)cc2)CC1. The van der Waals surface area contributed by atoms with Crippen molar-refractivity contribution in [2.75, 3.05) is 55.4 Å². The number of nitrogens with one attached hydrogen (secondary N) is 2. The van der Waals surface area contributed by atoms with Gasteiger partial charge in [0.05, 0.1) is 11.9 Å². The Balaban J connectivity index is 1.32. The van der Waals surface area contributed by atoms with Crippen LogP contribution in [0, 0.1) is 0 Å². The summed E-state index contributed by atoms with van der Waals surface area (Å²) in [4.78, 5) is 21.2. The fraction of sp³-hybridized carbons (Fsp3) is 0.429. The molecule has 2 saturated heterocycles. The van der Waals surface area contributed by atoms with E-state index >= 15 is 0 Å². The van der Waals surface area contributed by atoms with Crippen LogP contribution in [0.2, 0.25) is 0 Å². The van der Waals surface area contributed by atoms with Gasteiger partial charge in [0.1, 0.15) is 11.9 Å². The van der Waals surface area contributed by atoms with Crippen molar-refractivity contribution >= 4 is 28.8 Å². The summed E-state index contributed by atoms with van der Waals surface area (Å²) in [6, 6.07) is 12.1. The van der Waals surface area contributed by atoms with E-state index in [2.05, 4.69) is 56.7 Å². The first-order valence-corrected chi connectivity index (χ1v) is 9.86. The number of amides is 1. The van der Waals surface area contributed by atoms with Crippen molar-refractivity contribution < 1.29 is 9.53 Å². The van der Waals surface area contributed by atoms with Crippen LogP contribution in [-0.2, 0) is 9.53 Å². The van der Waals surface area contributed by atoms with Crippen molar-refractivity contribution in [2.45, 2.75) is 18.9 Å². The summed E-state index contributed by atoms with van der Waals surface area (Å²) in [7, 11) is 2.16. The minimum atomic E-state index is -0.336. The van der Waals surface area contributed by atoms with E-state index in [1.165, 1.54) is 5.69 Å². The second-order valence-corrected chi connectivity index (χ2v) is 7.39. The van der Waals surface area contributed by atoms with Crippen molar-refractivity contribution in [1.29, 1.82) is 0 Å². The van der Waals surface area contributed by atoms with Crippen LogP contribution >= 0.6 is 0 Å². The Morgan fingerprint density at radius 2 is 1.82 bits per heavy atom. The van der Waals surface area contributed by atoms with E-state index < -0.39 is 0 Å². The number of rotatable bonds is 5. The predicted octanol–water partition coefficient (Wildman–Crippen LogP) is 2.69. The highest BCUT2D eigenvalue weighted by Gasteiger charge is 2.23. The normalized spacial score (nSPS) is 20.2. The summed E-state index contributed by atoms with van der Waals surface area (Å²) >= 11 is 0. The van der Waals surface area contributed by atoms with Crippen molar-refractivity contribution in [2.24, 2.45) is 0 Å². The molecule has 1 aromatic carbocycles. The first-order chi connectivity index (χ1) is 13.7. The quantitative estimate of drug-likeness (QED) is 0.830. The van der Waals surface area contributed by atoms with E-state index in [0.29, 0.717) is 12.3 Å². The lowest BCUT2D eigenvalue weighted by Crippen LogP contribution is -2.44. The average Bonchev–Trinajstić information content (AvgIpc) is 3.26. The van der Waals surface area contributed by atoms with Gasteiger partial charge in [-0.05, 0) is 56.3 Å². The smallest absolute Gasteiger partial charge is 0.253 e. The summed E-state index contributed by atoms with van der Waals surface area (Å²) in [5.41, 5.74) is 2.91. The summed E-state index contributed by atoms with van der Waals surface area (Å²) < 4.78 is 5.40. The predicted molar refractivity (Wildman–Crippen MR) is 111 cm³/mol. The molecule has 1 aromatic heterocycles. The second-order valence-electron chi connectivity index (χ2n) is 7.39. The van der Waals surface area contributed by atoms with Gasteiger partial charge >= 0.3 is 0 Å². The number of benzene rings is 1. The highest BCUT2D eigenvalue weighted by atomic mass is 16.5. The molecule has 3 heterocycles. The molecule has 7 nitrogen and oxygen atoms in total.